The van der Waals surface area contributed by atoms with Gasteiger partial charge in [-0.2, -0.15) is 0 Å². The fourth-order valence-electron chi connectivity index (χ4n) is 3.06. The van der Waals surface area contributed by atoms with Crippen molar-refractivity contribution in [2.24, 2.45) is 4.99 Å². The molecule has 5 nitrogen and oxygen atoms in total. The molecule has 1 aliphatic rings. The van der Waals surface area contributed by atoms with Gasteiger partial charge < -0.3 is 10.2 Å². The van der Waals surface area contributed by atoms with E-state index in [4.69, 9.17) is 11.6 Å². The summed E-state index contributed by atoms with van der Waals surface area (Å²) in [4.78, 5) is 6.37. The summed E-state index contributed by atoms with van der Waals surface area (Å²) in [5.74, 6) is 0.873. The molecule has 0 amide bonds. The Morgan fingerprint density at radius 1 is 1.36 bits per heavy atom. The summed E-state index contributed by atoms with van der Waals surface area (Å²) < 4.78 is 23.6. The summed E-state index contributed by atoms with van der Waals surface area (Å²) in [6, 6.07) is 7.83. The molecule has 1 N–H and O–H groups in total. The molecule has 1 aliphatic heterocycles. The van der Waals surface area contributed by atoms with Gasteiger partial charge in [0.25, 0.3) is 0 Å². The van der Waals surface area contributed by atoms with E-state index in [0.29, 0.717) is 19.6 Å². The quantitative estimate of drug-likeness (QED) is 0.641. The minimum Gasteiger partial charge on any atom is -0.355 e. The van der Waals surface area contributed by atoms with E-state index in [-0.39, 0.29) is 11.2 Å². The lowest BCUT2D eigenvalue weighted by Crippen LogP contribution is -2.58. The van der Waals surface area contributed by atoms with Crippen LogP contribution < -0.4 is 5.32 Å². The largest absolute Gasteiger partial charge is 0.355 e. The molecule has 0 bridgehead atoms. The minimum atomic E-state index is -3.07. The van der Waals surface area contributed by atoms with Crippen molar-refractivity contribution in [3.8, 4) is 0 Å². The van der Waals surface area contributed by atoms with Crippen LogP contribution in [0, 0.1) is 0 Å². The predicted octanol–water partition coefficient (Wildman–Crippen LogP) is 2.70. The van der Waals surface area contributed by atoms with Crippen molar-refractivity contribution in [3.63, 3.8) is 0 Å². The highest BCUT2D eigenvalue weighted by molar-refractivity contribution is 7.92. The molecule has 0 spiro atoms. The molecule has 0 aliphatic carbocycles. The van der Waals surface area contributed by atoms with Crippen molar-refractivity contribution >= 4 is 27.4 Å². The number of hydrogen-bond acceptors (Lipinski definition) is 3. The Kier molecular flexibility index (Phi) is 5.74. The Hall–Kier alpha value is -1.27. The van der Waals surface area contributed by atoms with E-state index in [9.17, 15) is 8.42 Å². The van der Waals surface area contributed by atoms with E-state index in [1.165, 1.54) is 0 Å². The predicted molar refractivity (Wildman–Crippen MR) is 105 cm³/mol. The number of guanidine groups is 1. The molecule has 0 radical (unpaired) electrons. The van der Waals surface area contributed by atoms with Crippen molar-refractivity contribution in [3.05, 3.63) is 34.9 Å². The van der Waals surface area contributed by atoms with Crippen LogP contribution in [-0.4, -0.2) is 56.5 Å². The molecule has 7 heteroatoms. The lowest BCUT2D eigenvalue weighted by Gasteiger charge is -2.40. The van der Waals surface area contributed by atoms with Gasteiger partial charge in [-0.05, 0) is 25.5 Å². The minimum absolute atomic E-state index is 0.147. The molecule has 1 saturated heterocycles. The number of benzene rings is 1. The van der Waals surface area contributed by atoms with Crippen LogP contribution in [0.2, 0.25) is 5.02 Å². The van der Waals surface area contributed by atoms with Gasteiger partial charge >= 0.3 is 0 Å². The fraction of sp³-hybridized carbons (Fsp3) is 0.611. The maximum absolute atomic E-state index is 12.2. The van der Waals surface area contributed by atoms with Crippen LogP contribution in [-0.2, 0) is 15.3 Å². The van der Waals surface area contributed by atoms with Crippen LogP contribution in [0.15, 0.2) is 29.3 Å². The standard InChI is InChI=1S/C18H28ClN3O2S/c1-17(2,14-8-6-7-9-15(14)19)12-21-16(20-5)22-10-11-25(23,24)18(3,4)13-22/h6-9H,10-13H2,1-5H3,(H,20,21). The summed E-state index contributed by atoms with van der Waals surface area (Å²) in [5.41, 5.74) is 0.882. The normalized spacial score (nSPS) is 20.4. The number of aliphatic imine (C=N–C) groups is 1. The zero-order valence-electron chi connectivity index (χ0n) is 15.6. The zero-order chi connectivity index (χ0) is 18.9. The smallest absolute Gasteiger partial charge is 0.193 e. The second-order valence-electron chi connectivity index (χ2n) is 7.76. The molecule has 1 aromatic rings. The van der Waals surface area contributed by atoms with E-state index in [1.807, 2.05) is 29.2 Å². The van der Waals surface area contributed by atoms with E-state index < -0.39 is 14.6 Å². The lowest BCUT2D eigenvalue weighted by atomic mass is 9.84. The monoisotopic (exact) mass is 385 g/mol. The molecule has 2 rings (SSSR count). The molecule has 0 aromatic heterocycles. The summed E-state index contributed by atoms with van der Waals surface area (Å²) >= 11 is 6.34. The molecule has 1 heterocycles. The SMILES string of the molecule is CN=C(NCC(C)(C)c1ccccc1Cl)N1CCS(=O)(=O)C(C)(C)C1. The first kappa shape index (κ1) is 20.0. The third-order valence-electron chi connectivity index (χ3n) is 4.85. The molecule has 1 fully saturated rings. The first-order chi connectivity index (χ1) is 11.5. The summed E-state index contributed by atoms with van der Waals surface area (Å²) in [7, 11) is -1.35. The van der Waals surface area contributed by atoms with E-state index >= 15 is 0 Å². The summed E-state index contributed by atoms with van der Waals surface area (Å²) in [5, 5.41) is 4.14. The number of nitrogens with one attached hydrogen (secondary N) is 1. The van der Waals surface area contributed by atoms with Gasteiger partial charge in [-0.25, -0.2) is 8.42 Å². The Morgan fingerprint density at radius 2 is 2.00 bits per heavy atom. The highest BCUT2D eigenvalue weighted by Crippen LogP contribution is 2.29. The molecular formula is C18H28ClN3O2S. The van der Waals surface area contributed by atoms with Crippen LogP contribution in [0.5, 0.6) is 0 Å². The van der Waals surface area contributed by atoms with Crippen LogP contribution in [0.4, 0.5) is 0 Å². The topological polar surface area (TPSA) is 61.8 Å². The Morgan fingerprint density at radius 3 is 2.56 bits per heavy atom. The highest BCUT2D eigenvalue weighted by atomic mass is 35.5. The maximum atomic E-state index is 12.2. The van der Waals surface area contributed by atoms with Gasteiger partial charge in [-0.3, -0.25) is 4.99 Å². The Labute approximate surface area is 156 Å². The average molecular weight is 386 g/mol. The van der Waals surface area contributed by atoms with E-state index in [0.717, 1.165) is 16.5 Å². The maximum Gasteiger partial charge on any atom is 0.193 e. The second-order valence-corrected chi connectivity index (χ2v) is 10.9. The van der Waals surface area contributed by atoms with Gasteiger partial charge in [-0.1, -0.05) is 43.6 Å². The molecule has 0 atom stereocenters. The number of halogens is 1. The van der Waals surface area contributed by atoms with Gasteiger partial charge in [-0.15, -0.1) is 0 Å². The number of rotatable bonds is 3. The first-order valence-electron chi connectivity index (χ1n) is 8.43. The third kappa shape index (κ3) is 4.29. The second kappa shape index (κ2) is 7.16. The lowest BCUT2D eigenvalue weighted by molar-refractivity contribution is 0.349. The third-order valence-corrected chi connectivity index (χ3v) is 7.71. The van der Waals surface area contributed by atoms with Crippen LogP contribution in [0.1, 0.15) is 33.3 Å². The van der Waals surface area contributed by atoms with Gasteiger partial charge in [0.05, 0.1) is 10.5 Å². The summed E-state index contributed by atoms with van der Waals surface area (Å²) in [6.45, 7) is 9.33. The van der Waals surface area contributed by atoms with Crippen molar-refractivity contribution < 1.29 is 8.42 Å². The number of hydrogen-bond donors (Lipinski definition) is 1. The van der Waals surface area contributed by atoms with Crippen LogP contribution in [0.25, 0.3) is 0 Å². The number of nitrogens with zero attached hydrogens (tertiary/aromatic N) is 2. The van der Waals surface area contributed by atoms with Crippen molar-refractivity contribution in [1.29, 1.82) is 0 Å². The molecular weight excluding hydrogens is 358 g/mol. The molecule has 0 unspecified atom stereocenters. The molecule has 140 valence electrons. The molecule has 1 aromatic carbocycles. The summed E-state index contributed by atoms with van der Waals surface area (Å²) in [6.07, 6.45) is 0. The fourth-order valence-corrected chi connectivity index (χ4v) is 4.82. The average Bonchev–Trinajstić information content (AvgIpc) is 2.51. The van der Waals surface area contributed by atoms with Crippen molar-refractivity contribution in [2.45, 2.75) is 37.9 Å². The van der Waals surface area contributed by atoms with Crippen molar-refractivity contribution in [2.75, 3.05) is 32.4 Å². The van der Waals surface area contributed by atoms with E-state index in [1.54, 1.807) is 20.9 Å². The van der Waals surface area contributed by atoms with Crippen LogP contribution >= 0.6 is 11.6 Å². The van der Waals surface area contributed by atoms with E-state index in [2.05, 4.69) is 24.2 Å². The highest BCUT2D eigenvalue weighted by Gasteiger charge is 2.41. The van der Waals surface area contributed by atoms with Gasteiger partial charge in [0.1, 0.15) is 0 Å². The van der Waals surface area contributed by atoms with Gasteiger partial charge in [0, 0.05) is 37.1 Å². The zero-order valence-corrected chi connectivity index (χ0v) is 17.2. The molecule has 25 heavy (non-hydrogen) atoms. The molecule has 0 saturated carbocycles. The number of sulfone groups is 1. The Balaban J connectivity index is 2.10. The first-order valence-corrected chi connectivity index (χ1v) is 10.5. The Bertz CT molecular complexity index is 757. The van der Waals surface area contributed by atoms with Crippen molar-refractivity contribution in [1.82, 2.24) is 10.2 Å². The van der Waals surface area contributed by atoms with Gasteiger partial charge in [0.2, 0.25) is 0 Å². The van der Waals surface area contributed by atoms with Gasteiger partial charge in [0.15, 0.2) is 15.8 Å². The van der Waals surface area contributed by atoms with Crippen LogP contribution in [0.3, 0.4) is 0 Å².